The topological polar surface area (TPSA) is 60.2 Å². The highest BCUT2D eigenvalue weighted by atomic mass is 16.5. The normalized spacial score (nSPS) is 11.1. The fraction of sp³-hybridized carbons (Fsp3) is 0.143. The third-order valence-corrected chi connectivity index (χ3v) is 4.24. The monoisotopic (exact) mass is 345 g/mol. The summed E-state index contributed by atoms with van der Waals surface area (Å²) in [4.78, 5) is 8.54. The minimum absolute atomic E-state index is 0.0204. The predicted octanol–water partition coefficient (Wildman–Crippen LogP) is 3.63. The molecule has 0 saturated heterocycles. The molecule has 0 aliphatic carbocycles. The molecule has 5 heteroatoms. The van der Waals surface area contributed by atoms with Gasteiger partial charge in [-0.15, -0.1) is 0 Å². The molecule has 0 amide bonds. The van der Waals surface area contributed by atoms with Crippen LogP contribution in [-0.2, 0) is 24.6 Å². The summed E-state index contributed by atoms with van der Waals surface area (Å²) in [5, 5.41) is 9.27. The number of aliphatic hydroxyl groups is 1. The molecule has 0 bridgehead atoms. The summed E-state index contributed by atoms with van der Waals surface area (Å²) in [5.41, 5.74) is 5.93. The molecule has 2 aromatic carbocycles. The Bertz CT molecular complexity index is 1010. The van der Waals surface area contributed by atoms with Crippen LogP contribution in [0.1, 0.15) is 16.7 Å². The lowest BCUT2D eigenvalue weighted by atomic mass is 10.2. The smallest absolute Gasteiger partial charge is 0.100 e. The molecule has 1 N–H and O–H groups in total. The van der Waals surface area contributed by atoms with E-state index in [0.29, 0.717) is 13.2 Å². The van der Waals surface area contributed by atoms with E-state index in [-0.39, 0.29) is 6.61 Å². The lowest BCUT2D eigenvalue weighted by molar-refractivity contribution is 0.107. The van der Waals surface area contributed by atoms with E-state index < -0.39 is 0 Å². The van der Waals surface area contributed by atoms with Crippen molar-refractivity contribution in [3.8, 4) is 5.69 Å². The molecular weight excluding hydrogens is 326 g/mol. The van der Waals surface area contributed by atoms with Crippen molar-refractivity contribution >= 4 is 11.0 Å². The molecule has 0 aliphatic heterocycles. The zero-order chi connectivity index (χ0) is 17.8. The van der Waals surface area contributed by atoms with Gasteiger partial charge >= 0.3 is 0 Å². The first-order chi connectivity index (χ1) is 12.8. The van der Waals surface area contributed by atoms with Crippen LogP contribution in [0, 0.1) is 0 Å². The second kappa shape index (κ2) is 7.47. The standard InChI is InChI=1S/C21H19N3O2/c25-12-16-6-7-21-20(10-16)23-15-24(21)19-5-1-3-17(9-19)13-26-14-18-4-2-8-22-11-18/h1-11,15,25H,12-14H2. The second-order valence-corrected chi connectivity index (χ2v) is 6.12. The maximum Gasteiger partial charge on any atom is 0.100 e. The average molecular weight is 345 g/mol. The van der Waals surface area contributed by atoms with E-state index in [1.807, 2.05) is 53.2 Å². The Labute approximate surface area is 151 Å². The van der Waals surface area contributed by atoms with Crippen molar-refractivity contribution in [3.05, 3.63) is 90.0 Å². The maximum atomic E-state index is 9.27. The lowest BCUT2D eigenvalue weighted by Crippen LogP contribution is -1.97. The summed E-state index contributed by atoms with van der Waals surface area (Å²) >= 11 is 0. The van der Waals surface area contributed by atoms with E-state index >= 15 is 0 Å². The molecule has 5 nitrogen and oxygen atoms in total. The van der Waals surface area contributed by atoms with Gasteiger partial charge in [-0.2, -0.15) is 0 Å². The van der Waals surface area contributed by atoms with Crippen LogP contribution in [0.25, 0.3) is 16.7 Å². The van der Waals surface area contributed by atoms with Crippen molar-refractivity contribution in [1.29, 1.82) is 0 Å². The number of hydrogen-bond acceptors (Lipinski definition) is 4. The van der Waals surface area contributed by atoms with E-state index in [4.69, 9.17) is 4.74 Å². The highest BCUT2D eigenvalue weighted by Crippen LogP contribution is 2.20. The van der Waals surface area contributed by atoms with Crippen LogP contribution in [-0.4, -0.2) is 19.6 Å². The van der Waals surface area contributed by atoms with E-state index in [1.165, 1.54) is 0 Å². The van der Waals surface area contributed by atoms with Crippen LogP contribution < -0.4 is 0 Å². The van der Waals surface area contributed by atoms with Gasteiger partial charge in [0.25, 0.3) is 0 Å². The third-order valence-electron chi connectivity index (χ3n) is 4.24. The number of imidazole rings is 1. The number of benzene rings is 2. The molecule has 0 unspecified atom stereocenters. The molecule has 0 atom stereocenters. The number of ether oxygens (including phenoxy) is 1. The largest absolute Gasteiger partial charge is 0.392 e. The molecule has 0 radical (unpaired) electrons. The van der Waals surface area contributed by atoms with Gasteiger partial charge in [0.05, 0.1) is 30.9 Å². The Hall–Kier alpha value is -3.02. The zero-order valence-corrected chi connectivity index (χ0v) is 14.2. The number of aromatic nitrogens is 3. The number of aliphatic hydroxyl groups excluding tert-OH is 1. The van der Waals surface area contributed by atoms with Gasteiger partial charge in [0, 0.05) is 18.1 Å². The Balaban J connectivity index is 1.52. The van der Waals surface area contributed by atoms with Gasteiger partial charge in [0.1, 0.15) is 6.33 Å². The van der Waals surface area contributed by atoms with Crippen LogP contribution in [0.15, 0.2) is 73.3 Å². The molecule has 0 aliphatic rings. The molecular formula is C21H19N3O2. The molecule has 26 heavy (non-hydrogen) atoms. The summed E-state index contributed by atoms with van der Waals surface area (Å²) in [6.45, 7) is 1.09. The fourth-order valence-electron chi connectivity index (χ4n) is 2.93. The number of hydrogen-bond donors (Lipinski definition) is 1. The molecule has 0 saturated carbocycles. The van der Waals surface area contributed by atoms with Gasteiger partial charge in [-0.25, -0.2) is 4.98 Å². The van der Waals surface area contributed by atoms with E-state index in [2.05, 4.69) is 22.1 Å². The molecule has 0 spiro atoms. The Morgan fingerprint density at radius 3 is 2.65 bits per heavy atom. The first-order valence-corrected chi connectivity index (χ1v) is 8.46. The quantitative estimate of drug-likeness (QED) is 0.580. The SMILES string of the molecule is OCc1ccc2c(c1)ncn2-c1cccc(COCc2cccnc2)c1. The summed E-state index contributed by atoms with van der Waals surface area (Å²) in [7, 11) is 0. The number of rotatable bonds is 6. The summed E-state index contributed by atoms with van der Waals surface area (Å²) in [6, 6.07) is 17.9. The van der Waals surface area contributed by atoms with Gasteiger partial charge in [0.15, 0.2) is 0 Å². The van der Waals surface area contributed by atoms with Gasteiger partial charge < -0.3 is 9.84 Å². The van der Waals surface area contributed by atoms with Crippen LogP contribution >= 0.6 is 0 Å². The second-order valence-electron chi connectivity index (χ2n) is 6.12. The Kier molecular flexibility index (Phi) is 4.73. The number of pyridine rings is 1. The zero-order valence-electron chi connectivity index (χ0n) is 14.2. The van der Waals surface area contributed by atoms with Gasteiger partial charge in [0.2, 0.25) is 0 Å². The summed E-state index contributed by atoms with van der Waals surface area (Å²) < 4.78 is 7.85. The molecule has 2 heterocycles. The third kappa shape index (κ3) is 3.49. The van der Waals surface area contributed by atoms with Gasteiger partial charge in [-0.05, 0) is 47.0 Å². The van der Waals surface area contributed by atoms with Crippen LogP contribution in [0.3, 0.4) is 0 Å². The maximum absolute atomic E-state index is 9.27. The lowest BCUT2D eigenvalue weighted by Gasteiger charge is -2.08. The van der Waals surface area contributed by atoms with Gasteiger partial charge in [-0.3, -0.25) is 9.55 Å². The molecule has 130 valence electrons. The number of nitrogens with zero attached hydrogens (tertiary/aromatic N) is 3. The molecule has 2 aromatic heterocycles. The van der Waals surface area contributed by atoms with Crippen LogP contribution in [0.4, 0.5) is 0 Å². The van der Waals surface area contributed by atoms with Crippen molar-refractivity contribution in [2.75, 3.05) is 0 Å². The predicted molar refractivity (Wildman–Crippen MR) is 99.7 cm³/mol. The Morgan fingerprint density at radius 1 is 0.923 bits per heavy atom. The number of fused-ring (bicyclic) bond motifs is 1. The fourth-order valence-corrected chi connectivity index (χ4v) is 2.93. The first-order valence-electron chi connectivity index (χ1n) is 8.46. The first kappa shape index (κ1) is 16.4. The summed E-state index contributed by atoms with van der Waals surface area (Å²) in [5.74, 6) is 0. The van der Waals surface area contributed by atoms with Crippen molar-refractivity contribution in [3.63, 3.8) is 0 Å². The van der Waals surface area contributed by atoms with Crippen molar-refractivity contribution in [2.24, 2.45) is 0 Å². The van der Waals surface area contributed by atoms with Gasteiger partial charge in [-0.1, -0.05) is 24.3 Å². The van der Waals surface area contributed by atoms with E-state index in [9.17, 15) is 5.11 Å². The van der Waals surface area contributed by atoms with E-state index in [0.717, 1.165) is 33.4 Å². The average Bonchev–Trinajstić information content (AvgIpc) is 3.12. The van der Waals surface area contributed by atoms with Crippen LogP contribution in [0.5, 0.6) is 0 Å². The highest BCUT2D eigenvalue weighted by molar-refractivity contribution is 5.78. The minimum atomic E-state index is 0.0204. The molecule has 4 rings (SSSR count). The van der Waals surface area contributed by atoms with Crippen molar-refractivity contribution in [1.82, 2.24) is 14.5 Å². The van der Waals surface area contributed by atoms with E-state index in [1.54, 1.807) is 12.5 Å². The van der Waals surface area contributed by atoms with Crippen molar-refractivity contribution in [2.45, 2.75) is 19.8 Å². The van der Waals surface area contributed by atoms with Crippen LogP contribution in [0.2, 0.25) is 0 Å². The van der Waals surface area contributed by atoms with Crippen molar-refractivity contribution < 1.29 is 9.84 Å². The Morgan fingerprint density at radius 2 is 1.81 bits per heavy atom. The molecule has 4 aromatic rings. The minimum Gasteiger partial charge on any atom is -0.392 e. The summed E-state index contributed by atoms with van der Waals surface area (Å²) in [6.07, 6.45) is 5.38. The highest BCUT2D eigenvalue weighted by Gasteiger charge is 2.06. The molecule has 0 fully saturated rings.